The molecule has 0 N–H and O–H groups in total. The minimum atomic E-state index is -0.690. The molecule has 1 fully saturated rings. The molecule has 2 amide bonds. The molecule has 10 heteroatoms. The van der Waals surface area contributed by atoms with Crippen molar-refractivity contribution >= 4 is 74.1 Å². The zero-order valence-electron chi connectivity index (χ0n) is 18.8. The first-order valence-electron chi connectivity index (χ1n) is 10.7. The van der Waals surface area contributed by atoms with Gasteiger partial charge in [-0.3, -0.25) is 14.5 Å². The van der Waals surface area contributed by atoms with Gasteiger partial charge in [0.15, 0.2) is 11.5 Å². The first-order valence-corrected chi connectivity index (χ1v) is 13.1. The normalized spacial score (nSPS) is 14.4. The molecule has 0 aliphatic carbocycles. The summed E-state index contributed by atoms with van der Waals surface area (Å²) in [6.07, 6.45) is 1.55. The first kappa shape index (κ1) is 26.3. The number of imide groups is 1. The highest BCUT2D eigenvalue weighted by atomic mass is 79.9. The smallest absolute Gasteiger partial charge is 0.345 e. The number of hydrogen-bond acceptors (Lipinski definition) is 6. The number of amides is 2. The van der Waals surface area contributed by atoms with Gasteiger partial charge >= 0.3 is 5.97 Å². The molecule has 0 saturated carbocycles. The second-order valence-corrected chi connectivity index (χ2v) is 10.2. The lowest BCUT2D eigenvalue weighted by atomic mass is 10.1. The van der Waals surface area contributed by atoms with Crippen molar-refractivity contribution < 1.29 is 23.9 Å². The fourth-order valence-electron chi connectivity index (χ4n) is 3.39. The third kappa shape index (κ3) is 5.78. The molecule has 184 valence electrons. The second kappa shape index (κ2) is 11.5. The van der Waals surface area contributed by atoms with Crippen LogP contribution in [0.25, 0.3) is 6.08 Å². The van der Waals surface area contributed by atoms with Crippen molar-refractivity contribution in [3.05, 3.63) is 96.8 Å². The summed E-state index contributed by atoms with van der Waals surface area (Å²) in [4.78, 5) is 39.6. The Morgan fingerprint density at radius 3 is 2.50 bits per heavy atom. The van der Waals surface area contributed by atoms with Crippen LogP contribution in [-0.4, -0.2) is 28.6 Å². The zero-order valence-corrected chi connectivity index (χ0v) is 22.7. The monoisotopic (exact) mass is 605 g/mol. The van der Waals surface area contributed by atoms with Crippen LogP contribution < -0.4 is 9.47 Å². The number of carbonyl (C=O) groups is 3. The van der Waals surface area contributed by atoms with Gasteiger partial charge in [0.25, 0.3) is 11.1 Å². The topological polar surface area (TPSA) is 72.9 Å². The van der Waals surface area contributed by atoms with Crippen molar-refractivity contribution in [3.63, 3.8) is 0 Å². The van der Waals surface area contributed by atoms with Gasteiger partial charge in [-0.15, -0.1) is 0 Å². The highest BCUT2D eigenvalue weighted by Crippen LogP contribution is 2.40. The Labute approximate surface area is 230 Å². The Bertz CT molecular complexity index is 1390. The molecule has 36 heavy (non-hydrogen) atoms. The molecule has 0 aromatic heterocycles. The average molecular weight is 607 g/mol. The molecule has 1 aliphatic heterocycles. The number of halogens is 3. The van der Waals surface area contributed by atoms with Crippen molar-refractivity contribution in [3.8, 4) is 11.5 Å². The molecule has 0 bridgehead atoms. The van der Waals surface area contributed by atoms with Crippen molar-refractivity contribution in [1.29, 1.82) is 0 Å². The summed E-state index contributed by atoms with van der Waals surface area (Å²) in [5.74, 6) is -0.861. The van der Waals surface area contributed by atoms with E-state index in [9.17, 15) is 14.4 Å². The van der Waals surface area contributed by atoms with E-state index >= 15 is 0 Å². The fourth-order valence-corrected chi connectivity index (χ4v) is 5.11. The van der Waals surface area contributed by atoms with Gasteiger partial charge in [-0.1, -0.05) is 69.5 Å². The van der Waals surface area contributed by atoms with Crippen molar-refractivity contribution in [2.24, 2.45) is 0 Å². The maximum Gasteiger partial charge on any atom is 0.345 e. The van der Waals surface area contributed by atoms with Crippen LogP contribution in [0, 0.1) is 0 Å². The summed E-state index contributed by atoms with van der Waals surface area (Å²) in [6, 6.07) is 17.0. The number of carbonyl (C=O) groups excluding carboxylic acids is 3. The molecule has 3 aromatic rings. The van der Waals surface area contributed by atoms with E-state index in [1.807, 2.05) is 24.3 Å². The first-order chi connectivity index (χ1) is 17.3. The van der Waals surface area contributed by atoms with Crippen LogP contribution in [0.15, 0.2) is 70.0 Å². The lowest BCUT2D eigenvalue weighted by Crippen LogP contribution is -2.27. The minimum absolute atomic E-state index is 0.0302. The summed E-state index contributed by atoms with van der Waals surface area (Å²) < 4.78 is 12.0. The largest absolute Gasteiger partial charge is 0.490 e. The molecule has 1 saturated heterocycles. The standard InChI is InChI=1S/C26H18BrCl2NO5S/c1-2-34-21-12-15(11-20(29)23(21)35-25(32)17-8-4-6-10-19(17)28)13-22-24(31)30(26(33)36-22)14-16-7-3-5-9-18(16)27/h3-13H,2,14H2,1H3/b22-13-. The average Bonchev–Trinajstić information content (AvgIpc) is 3.10. The number of thioether (sulfide) groups is 1. The predicted octanol–water partition coefficient (Wildman–Crippen LogP) is 7.61. The molecule has 0 spiro atoms. The Morgan fingerprint density at radius 2 is 1.78 bits per heavy atom. The van der Waals surface area contributed by atoms with Crippen LogP contribution in [0.3, 0.4) is 0 Å². The third-order valence-corrected chi connectivity index (χ3v) is 7.37. The summed E-state index contributed by atoms with van der Waals surface area (Å²) in [6.45, 7) is 2.19. The van der Waals surface area contributed by atoms with E-state index < -0.39 is 11.9 Å². The molecule has 3 aromatic carbocycles. The Kier molecular flexibility index (Phi) is 8.41. The van der Waals surface area contributed by atoms with Crippen LogP contribution in [0.4, 0.5) is 4.79 Å². The van der Waals surface area contributed by atoms with Gasteiger partial charge in [0.05, 0.1) is 33.7 Å². The number of rotatable bonds is 7. The van der Waals surface area contributed by atoms with E-state index in [2.05, 4.69) is 15.9 Å². The van der Waals surface area contributed by atoms with E-state index in [0.29, 0.717) is 5.56 Å². The maximum absolute atomic E-state index is 13.0. The van der Waals surface area contributed by atoms with E-state index in [0.717, 1.165) is 21.8 Å². The van der Waals surface area contributed by atoms with Gasteiger partial charge in [-0.2, -0.15) is 0 Å². The fraction of sp³-hybridized carbons (Fsp3) is 0.115. The predicted molar refractivity (Wildman–Crippen MR) is 145 cm³/mol. The SMILES string of the molecule is CCOc1cc(/C=C2\SC(=O)N(Cc3ccccc3Br)C2=O)cc(Cl)c1OC(=O)c1ccccc1Cl. The number of benzene rings is 3. The van der Waals surface area contributed by atoms with Crippen molar-refractivity contribution in [2.45, 2.75) is 13.5 Å². The van der Waals surface area contributed by atoms with Gasteiger partial charge in [0.2, 0.25) is 0 Å². The maximum atomic E-state index is 13.0. The molecule has 0 unspecified atom stereocenters. The van der Waals surface area contributed by atoms with Gasteiger partial charge in [-0.05, 0) is 66.2 Å². The summed E-state index contributed by atoms with van der Waals surface area (Å²) in [5.41, 5.74) is 1.50. The lowest BCUT2D eigenvalue weighted by molar-refractivity contribution is -0.123. The Hall–Kier alpha value is -2.78. The van der Waals surface area contributed by atoms with Crippen molar-refractivity contribution in [2.75, 3.05) is 6.61 Å². The molecule has 1 aliphatic rings. The van der Waals surface area contributed by atoms with Crippen LogP contribution in [0.2, 0.25) is 10.0 Å². The van der Waals surface area contributed by atoms with Gasteiger partial charge in [0, 0.05) is 4.47 Å². The van der Waals surface area contributed by atoms with Gasteiger partial charge in [-0.25, -0.2) is 4.79 Å². The van der Waals surface area contributed by atoms with Crippen LogP contribution in [0.1, 0.15) is 28.4 Å². The van der Waals surface area contributed by atoms with Gasteiger partial charge < -0.3 is 9.47 Å². The van der Waals surface area contributed by atoms with E-state index in [4.69, 9.17) is 32.7 Å². The summed E-state index contributed by atoms with van der Waals surface area (Å²) in [5, 5.41) is -0.0325. The summed E-state index contributed by atoms with van der Waals surface area (Å²) in [7, 11) is 0. The molecule has 1 heterocycles. The lowest BCUT2D eigenvalue weighted by Gasteiger charge is -2.14. The van der Waals surface area contributed by atoms with E-state index in [-0.39, 0.29) is 50.4 Å². The molecule has 0 radical (unpaired) electrons. The van der Waals surface area contributed by atoms with Crippen molar-refractivity contribution in [1.82, 2.24) is 4.90 Å². The number of ether oxygens (including phenoxy) is 2. The van der Waals surface area contributed by atoms with E-state index in [1.165, 1.54) is 17.0 Å². The highest BCUT2D eigenvalue weighted by Gasteiger charge is 2.35. The number of esters is 1. The van der Waals surface area contributed by atoms with E-state index in [1.54, 1.807) is 37.3 Å². The van der Waals surface area contributed by atoms with Crippen LogP contribution in [0.5, 0.6) is 11.5 Å². The van der Waals surface area contributed by atoms with Crippen LogP contribution >= 0.6 is 50.9 Å². The zero-order chi connectivity index (χ0) is 25.8. The van der Waals surface area contributed by atoms with Gasteiger partial charge in [0.1, 0.15) is 0 Å². The highest BCUT2D eigenvalue weighted by molar-refractivity contribution is 9.10. The third-order valence-electron chi connectivity index (χ3n) is 5.08. The molecular weight excluding hydrogens is 589 g/mol. The molecule has 4 rings (SSSR count). The molecule has 0 atom stereocenters. The Balaban J connectivity index is 1.60. The second-order valence-electron chi connectivity index (χ2n) is 7.49. The molecule has 6 nitrogen and oxygen atoms in total. The van der Waals surface area contributed by atoms with Crippen LogP contribution in [-0.2, 0) is 11.3 Å². The summed E-state index contributed by atoms with van der Waals surface area (Å²) >= 11 is 16.8. The number of nitrogens with zero attached hydrogens (tertiary/aromatic N) is 1. The minimum Gasteiger partial charge on any atom is -0.490 e. The Morgan fingerprint density at radius 1 is 1.06 bits per heavy atom. The number of hydrogen-bond donors (Lipinski definition) is 0. The molecular formula is C26H18BrCl2NO5S. The quantitative estimate of drug-likeness (QED) is 0.157.